The highest BCUT2D eigenvalue weighted by Gasteiger charge is 2.43. The van der Waals surface area contributed by atoms with Crippen LogP contribution in [0, 0.1) is 5.82 Å². The second-order valence-electron chi connectivity index (χ2n) is 12.1. The maximum atomic E-state index is 14.8. The molecule has 0 amide bonds. The first-order chi connectivity index (χ1) is 22.1. The Labute approximate surface area is 272 Å². The van der Waals surface area contributed by atoms with Crippen LogP contribution in [0.3, 0.4) is 0 Å². The molecule has 3 aliphatic rings. The van der Waals surface area contributed by atoms with E-state index < -0.39 is 23.7 Å². The van der Waals surface area contributed by atoms with Gasteiger partial charge >= 0.3 is 12.1 Å². The molecule has 7 nitrogen and oxygen atoms in total. The molecule has 242 valence electrons. The van der Waals surface area contributed by atoms with Crippen LogP contribution in [0.15, 0.2) is 53.2 Å². The smallest absolute Gasteiger partial charge is 0.444 e. The largest absolute Gasteiger partial charge is 0.471 e. The van der Waals surface area contributed by atoms with Gasteiger partial charge in [0.25, 0.3) is 5.79 Å². The summed E-state index contributed by atoms with van der Waals surface area (Å²) in [4.78, 5) is 10.6. The van der Waals surface area contributed by atoms with Crippen LogP contribution in [0.4, 0.5) is 17.6 Å². The Bertz CT molecular complexity index is 1740. The predicted octanol–water partition coefficient (Wildman–Crippen LogP) is 8.40. The molecule has 5 heterocycles. The minimum atomic E-state index is -4.71. The molecule has 4 aromatic rings. The number of para-hydroxylation sites is 1. The zero-order valence-corrected chi connectivity index (χ0v) is 26.5. The molecular formula is C33H31ClF4N4O3S. The first kappa shape index (κ1) is 31.3. The zero-order valence-electron chi connectivity index (χ0n) is 24.9. The molecule has 0 aliphatic carbocycles. The Morgan fingerprint density at radius 2 is 1.91 bits per heavy atom. The third kappa shape index (κ3) is 6.31. The molecule has 2 unspecified atom stereocenters. The first-order valence-electron chi connectivity index (χ1n) is 15.3. The van der Waals surface area contributed by atoms with Gasteiger partial charge in [-0.25, -0.2) is 4.39 Å². The second kappa shape index (κ2) is 12.4. The summed E-state index contributed by atoms with van der Waals surface area (Å²) in [6.45, 7) is 3.97. The fourth-order valence-corrected chi connectivity index (χ4v) is 7.99. The molecule has 2 atom stereocenters. The van der Waals surface area contributed by atoms with Gasteiger partial charge in [-0.1, -0.05) is 28.9 Å². The molecule has 2 saturated heterocycles. The number of rotatable bonds is 7. The fourth-order valence-electron chi connectivity index (χ4n) is 6.54. The van der Waals surface area contributed by atoms with Crippen LogP contribution in [-0.2, 0) is 24.9 Å². The van der Waals surface area contributed by atoms with Crippen LogP contribution in [0.2, 0.25) is 5.02 Å². The minimum Gasteiger partial charge on any atom is -0.444 e. The molecule has 0 spiro atoms. The summed E-state index contributed by atoms with van der Waals surface area (Å²) in [5.41, 5.74) is 3.63. The molecule has 13 heteroatoms. The third-order valence-corrected chi connectivity index (χ3v) is 10.5. The van der Waals surface area contributed by atoms with E-state index >= 15 is 0 Å². The molecule has 46 heavy (non-hydrogen) atoms. The van der Waals surface area contributed by atoms with Gasteiger partial charge in [0.2, 0.25) is 5.82 Å². The topological polar surface area (TPSA) is 73.5 Å². The number of alkyl halides is 3. The van der Waals surface area contributed by atoms with Crippen molar-refractivity contribution >= 4 is 23.4 Å². The Hall–Kier alpha value is -3.35. The first-order valence-corrected chi connectivity index (χ1v) is 16.7. The third-order valence-electron chi connectivity index (χ3n) is 8.89. The SMILES string of the molecule is CC1(c2ccc(Cl)cc2F)Oc2cccc(C3CCN(Cc4ncc(-c5noc(C(F)(F)F)n5)cc4CC4CCCS4)CC3)c2O1. The van der Waals surface area contributed by atoms with E-state index in [2.05, 4.69) is 19.6 Å². The Morgan fingerprint density at radius 3 is 2.63 bits per heavy atom. The van der Waals surface area contributed by atoms with Crippen molar-refractivity contribution in [3.05, 3.63) is 87.8 Å². The standard InChI is InChI=1S/C33H31ClF4N4O3S/c1-32(25-8-7-22(34)16-26(25)35)43-28-6-2-5-24(29(28)44-32)19-9-11-42(12-10-19)18-27-20(15-23-4-3-13-46-23)14-21(17-39-27)30-40-31(45-41-30)33(36,37)38/h2,5-8,14,16-17,19,23H,3-4,9-13,15,18H2,1H3. The molecule has 2 fully saturated rings. The highest BCUT2D eigenvalue weighted by Crippen LogP contribution is 2.50. The van der Waals surface area contributed by atoms with E-state index in [0.29, 0.717) is 33.9 Å². The van der Waals surface area contributed by atoms with Gasteiger partial charge in [-0.3, -0.25) is 9.88 Å². The Morgan fingerprint density at radius 1 is 1.09 bits per heavy atom. The lowest BCUT2D eigenvalue weighted by Gasteiger charge is -2.33. The van der Waals surface area contributed by atoms with Gasteiger partial charge in [0.15, 0.2) is 11.5 Å². The summed E-state index contributed by atoms with van der Waals surface area (Å²) < 4.78 is 71.0. The molecule has 0 radical (unpaired) electrons. The maximum Gasteiger partial charge on any atom is 0.471 e. The number of ether oxygens (including phenoxy) is 2. The van der Waals surface area contributed by atoms with E-state index in [4.69, 9.17) is 26.1 Å². The van der Waals surface area contributed by atoms with Gasteiger partial charge in [0.1, 0.15) is 5.82 Å². The molecule has 0 N–H and O–H groups in total. The van der Waals surface area contributed by atoms with E-state index in [0.717, 1.165) is 67.8 Å². The molecular weight excluding hydrogens is 644 g/mol. The number of pyridine rings is 1. The highest BCUT2D eigenvalue weighted by atomic mass is 35.5. The second-order valence-corrected chi connectivity index (χ2v) is 13.9. The molecule has 7 rings (SSSR count). The summed E-state index contributed by atoms with van der Waals surface area (Å²) in [5.74, 6) is -0.747. The summed E-state index contributed by atoms with van der Waals surface area (Å²) in [6, 6.07) is 12.1. The van der Waals surface area contributed by atoms with Gasteiger partial charge in [0, 0.05) is 41.1 Å². The van der Waals surface area contributed by atoms with Gasteiger partial charge in [0.05, 0.1) is 11.3 Å². The predicted molar refractivity (Wildman–Crippen MR) is 165 cm³/mol. The number of hydrogen-bond donors (Lipinski definition) is 0. The lowest BCUT2D eigenvalue weighted by Crippen LogP contribution is -2.34. The number of aromatic nitrogens is 3. The van der Waals surface area contributed by atoms with E-state index in [1.54, 1.807) is 19.1 Å². The molecule has 0 saturated carbocycles. The molecule has 2 aromatic carbocycles. The summed E-state index contributed by atoms with van der Waals surface area (Å²) in [5, 5.41) is 4.30. The molecule has 3 aliphatic heterocycles. The van der Waals surface area contributed by atoms with Crippen molar-refractivity contribution in [1.82, 2.24) is 20.0 Å². The van der Waals surface area contributed by atoms with Crippen LogP contribution in [0.25, 0.3) is 11.4 Å². The van der Waals surface area contributed by atoms with Crippen LogP contribution >= 0.6 is 23.4 Å². The van der Waals surface area contributed by atoms with Crippen LogP contribution in [0.5, 0.6) is 11.5 Å². The summed E-state index contributed by atoms with van der Waals surface area (Å²) in [7, 11) is 0. The highest BCUT2D eigenvalue weighted by molar-refractivity contribution is 8.00. The van der Waals surface area contributed by atoms with E-state index in [-0.39, 0.29) is 17.3 Å². The van der Waals surface area contributed by atoms with Gasteiger partial charge in [-0.05, 0) is 92.8 Å². The Balaban J connectivity index is 1.06. The lowest BCUT2D eigenvalue weighted by atomic mass is 9.88. The normalized spacial score (nSPS) is 22.1. The van der Waals surface area contributed by atoms with E-state index in [1.807, 2.05) is 36.0 Å². The van der Waals surface area contributed by atoms with Crippen LogP contribution in [0.1, 0.15) is 66.8 Å². The van der Waals surface area contributed by atoms with Crippen LogP contribution in [-0.4, -0.2) is 44.1 Å². The fraction of sp³-hybridized carbons (Fsp3) is 0.424. The quantitative estimate of drug-likeness (QED) is 0.181. The van der Waals surface area contributed by atoms with Gasteiger partial charge < -0.3 is 14.0 Å². The molecule has 2 aromatic heterocycles. The molecule has 0 bridgehead atoms. The van der Waals surface area contributed by atoms with E-state index in [9.17, 15) is 17.6 Å². The van der Waals surface area contributed by atoms with Gasteiger partial charge in [-0.15, -0.1) is 0 Å². The van der Waals surface area contributed by atoms with Crippen molar-refractivity contribution in [3.63, 3.8) is 0 Å². The minimum absolute atomic E-state index is 0.121. The van der Waals surface area contributed by atoms with Crippen molar-refractivity contribution in [1.29, 1.82) is 0 Å². The van der Waals surface area contributed by atoms with Gasteiger partial charge in [-0.2, -0.15) is 29.9 Å². The van der Waals surface area contributed by atoms with Crippen molar-refractivity contribution in [2.75, 3.05) is 18.8 Å². The number of halogens is 5. The number of hydrogen-bond acceptors (Lipinski definition) is 8. The number of likely N-dealkylation sites (tertiary alicyclic amines) is 1. The van der Waals surface area contributed by atoms with Crippen molar-refractivity contribution in [3.8, 4) is 22.9 Å². The Kier molecular flexibility index (Phi) is 8.39. The van der Waals surface area contributed by atoms with Crippen molar-refractivity contribution in [2.24, 2.45) is 0 Å². The summed E-state index contributed by atoms with van der Waals surface area (Å²) in [6.07, 6.45) is 1.60. The average Bonchev–Trinajstić information content (AvgIpc) is 3.78. The number of nitrogens with zero attached hydrogens (tertiary/aromatic N) is 4. The monoisotopic (exact) mass is 674 g/mol. The number of thioether (sulfide) groups is 1. The van der Waals surface area contributed by atoms with Crippen molar-refractivity contribution in [2.45, 2.75) is 68.7 Å². The number of fused-ring (bicyclic) bond motifs is 1. The summed E-state index contributed by atoms with van der Waals surface area (Å²) >= 11 is 7.89. The number of piperidine rings is 1. The average molecular weight is 675 g/mol. The zero-order chi connectivity index (χ0) is 32.1. The van der Waals surface area contributed by atoms with Crippen LogP contribution < -0.4 is 9.47 Å². The van der Waals surface area contributed by atoms with Crippen molar-refractivity contribution < 1.29 is 31.6 Å². The number of benzene rings is 2. The van der Waals surface area contributed by atoms with E-state index in [1.165, 1.54) is 12.3 Å². The maximum absolute atomic E-state index is 14.8. The lowest BCUT2D eigenvalue weighted by molar-refractivity contribution is -0.159.